The van der Waals surface area contributed by atoms with Crippen molar-refractivity contribution in [3.63, 3.8) is 0 Å². The minimum absolute atomic E-state index is 0.681. The van der Waals surface area contributed by atoms with Crippen molar-refractivity contribution >= 4 is 44.1 Å². The lowest BCUT2D eigenvalue weighted by Gasteiger charge is -2.25. The number of hydrogen-bond donors (Lipinski definition) is 0. The Bertz CT molecular complexity index is 1130. The number of ether oxygens (including phenoxy) is 2. The Labute approximate surface area is 195 Å². The van der Waals surface area contributed by atoms with Crippen molar-refractivity contribution < 1.29 is 9.47 Å². The third-order valence-corrected chi connectivity index (χ3v) is 6.03. The van der Waals surface area contributed by atoms with Crippen molar-refractivity contribution in [3.8, 4) is 11.5 Å². The van der Waals surface area contributed by atoms with E-state index in [9.17, 15) is 0 Å². The maximum absolute atomic E-state index is 6.40. The SMILES string of the molecule is COc1ccc(CN(Cc2ccc(OC)cc2)c2cc3cccc(Cl)c3c(Br)n2)cc1. The second kappa shape index (κ2) is 9.58. The van der Waals surface area contributed by atoms with Crippen molar-refractivity contribution in [3.05, 3.63) is 93.5 Å². The van der Waals surface area contributed by atoms with Crippen LogP contribution in [0.25, 0.3) is 10.8 Å². The normalized spacial score (nSPS) is 10.8. The Balaban J connectivity index is 1.72. The molecule has 1 aromatic heterocycles. The fraction of sp³-hybridized carbons (Fsp3) is 0.160. The number of aromatic nitrogens is 1. The van der Waals surface area contributed by atoms with Gasteiger partial charge in [-0.2, -0.15) is 0 Å². The van der Waals surface area contributed by atoms with E-state index >= 15 is 0 Å². The number of rotatable bonds is 7. The molecule has 0 aliphatic heterocycles. The summed E-state index contributed by atoms with van der Waals surface area (Å²) < 4.78 is 11.3. The van der Waals surface area contributed by atoms with E-state index in [1.807, 2.05) is 36.4 Å². The molecule has 0 unspecified atom stereocenters. The van der Waals surface area contributed by atoms with Crippen molar-refractivity contribution in [1.82, 2.24) is 4.98 Å². The van der Waals surface area contributed by atoms with Crippen molar-refractivity contribution in [2.24, 2.45) is 0 Å². The average Bonchev–Trinajstić information content (AvgIpc) is 2.79. The molecule has 4 rings (SSSR count). The largest absolute Gasteiger partial charge is 0.497 e. The minimum atomic E-state index is 0.681. The topological polar surface area (TPSA) is 34.6 Å². The third kappa shape index (κ3) is 4.94. The lowest BCUT2D eigenvalue weighted by molar-refractivity contribution is 0.414. The first-order valence-electron chi connectivity index (χ1n) is 9.83. The summed E-state index contributed by atoms with van der Waals surface area (Å²) in [5.41, 5.74) is 2.33. The molecule has 0 aliphatic carbocycles. The van der Waals surface area contributed by atoms with Crippen LogP contribution in [0, 0.1) is 0 Å². The van der Waals surface area contributed by atoms with Crippen LogP contribution >= 0.6 is 27.5 Å². The van der Waals surface area contributed by atoms with Gasteiger partial charge < -0.3 is 14.4 Å². The van der Waals surface area contributed by atoms with Crippen LogP contribution in [0.15, 0.2) is 77.4 Å². The zero-order valence-corrected chi connectivity index (χ0v) is 19.7. The van der Waals surface area contributed by atoms with Gasteiger partial charge in [0.05, 0.1) is 19.2 Å². The van der Waals surface area contributed by atoms with Gasteiger partial charge in [-0.15, -0.1) is 0 Å². The molecule has 0 amide bonds. The standard InChI is InChI=1S/C25H22BrClN2O2/c1-30-20-10-6-17(7-11-20)15-29(16-18-8-12-21(31-2)13-9-18)23-14-19-4-3-5-22(27)24(19)25(26)28-23/h3-14H,15-16H2,1-2H3. The fourth-order valence-corrected chi connectivity index (χ4v) is 4.50. The van der Waals surface area contributed by atoms with Crippen LogP contribution in [-0.2, 0) is 13.1 Å². The Kier molecular flexibility index (Phi) is 6.64. The van der Waals surface area contributed by atoms with E-state index in [0.717, 1.165) is 32.7 Å². The highest BCUT2D eigenvalue weighted by Gasteiger charge is 2.14. The highest BCUT2D eigenvalue weighted by molar-refractivity contribution is 9.10. The molecule has 0 atom stereocenters. The van der Waals surface area contributed by atoms with Crippen LogP contribution in [-0.4, -0.2) is 19.2 Å². The Morgan fingerprint density at radius 1 is 0.839 bits per heavy atom. The highest BCUT2D eigenvalue weighted by atomic mass is 79.9. The number of methoxy groups -OCH3 is 2. The number of benzene rings is 3. The Morgan fingerprint density at radius 3 is 1.90 bits per heavy atom. The zero-order valence-electron chi connectivity index (χ0n) is 17.3. The molecule has 0 bridgehead atoms. The van der Waals surface area contributed by atoms with Gasteiger partial charge in [-0.25, -0.2) is 4.98 Å². The molecule has 1 heterocycles. The summed E-state index contributed by atoms with van der Waals surface area (Å²) in [5, 5.41) is 2.64. The molecular weight excluding hydrogens is 476 g/mol. The smallest absolute Gasteiger partial charge is 0.131 e. The number of hydrogen-bond acceptors (Lipinski definition) is 4. The van der Waals surface area contributed by atoms with Crippen molar-refractivity contribution in [2.75, 3.05) is 19.1 Å². The van der Waals surface area contributed by atoms with Crippen LogP contribution in [0.3, 0.4) is 0 Å². The molecule has 158 valence electrons. The van der Waals surface area contributed by atoms with Crippen LogP contribution in [0.2, 0.25) is 5.02 Å². The summed E-state index contributed by atoms with van der Waals surface area (Å²) in [4.78, 5) is 7.08. The molecule has 0 aliphatic rings. The molecule has 4 nitrogen and oxygen atoms in total. The van der Waals surface area contributed by atoms with Crippen LogP contribution in [0.5, 0.6) is 11.5 Å². The number of halogens is 2. The van der Waals surface area contributed by atoms with Gasteiger partial charge >= 0.3 is 0 Å². The van der Waals surface area contributed by atoms with Crippen LogP contribution < -0.4 is 14.4 Å². The lowest BCUT2D eigenvalue weighted by atomic mass is 10.1. The lowest BCUT2D eigenvalue weighted by Crippen LogP contribution is -2.23. The number of fused-ring (bicyclic) bond motifs is 1. The first-order valence-corrected chi connectivity index (χ1v) is 11.0. The van der Waals surface area contributed by atoms with Gasteiger partial charge in [0.2, 0.25) is 0 Å². The van der Waals surface area contributed by atoms with E-state index in [-0.39, 0.29) is 0 Å². The van der Waals surface area contributed by atoms with Crippen LogP contribution in [0.4, 0.5) is 5.82 Å². The summed E-state index contributed by atoms with van der Waals surface area (Å²) in [6, 6.07) is 24.2. The maximum Gasteiger partial charge on any atom is 0.131 e. The summed E-state index contributed by atoms with van der Waals surface area (Å²) in [6.45, 7) is 1.39. The van der Waals surface area contributed by atoms with Gasteiger partial charge in [0.25, 0.3) is 0 Å². The molecule has 4 aromatic rings. The van der Waals surface area contributed by atoms with E-state index in [4.69, 9.17) is 26.1 Å². The first-order chi connectivity index (χ1) is 15.1. The van der Waals surface area contributed by atoms with Gasteiger partial charge in [0.1, 0.15) is 21.9 Å². The first kappa shape index (κ1) is 21.5. The molecule has 31 heavy (non-hydrogen) atoms. The Hall–Kier alpha value is -2.76. The van der Waals surface area contributed by atoms with Crippen molar-refractivity contribution in [2.45, 2.75) is 13.1 Å². The quantitative estimate of drug-likeness (QED) is 0.261. The highest BCUT2D eigenvalue weighted by Crippen LogP contribution is 2.33. The summed E-state index contributed by atoms with van der Waals surface area (Å²) >= 11 is 10.0. The third-order valence-electron chi connectivity index (χ3n) is 5.14. The number of nitrogens with zero attached hydrogens (tertiary/aromatic N) is 2. The molecule has 0 spiro atoms. The van der Waals surface area contributed by atoms with E-state index < -0.39 is 0 Å². The van der Waals surface area contributed by atoms with Gasteiger partial charge in [-0.3, -0.25) is 0 Å². The molecule has 3 aromatic carbocycles. The van der Waals surface area contributed by atoms with E-state index in [1.54, 1.807) is 14.2 Å². The van der Waals surface area contributed by atoms with Gasteiger partial charge in [-0.1, -0.05) is 48.0 Å². The second-order valence-corrected chi connectivity index (χ2v) is 8.32. The van der Waals surface area contributed by atoms with E-state index in [0.29, 0.717) is 18.1 Å². The maximum atomic E-state index is 6.40. The molecule has 0 radical (unpaired) electrons. The predicted molar refractivity (Wildman–Crippen MR) is 130 cm³/mol. The zero-order chi connectivity index (χ0) is 21.8. The minimum Gasteiger partial charge on any atom is -0.497 e. The van der Waals surface area contributed by atoms with Crippen LogP contribution in [0.1, 0.15) is 11.1 Å². The predicted octanol–water partition coefficient (Wildman–Crippen LogP) is 6.87. The monoisotopic (exact) mass is 496 g/mol. The van der Waals surface area contributed by atoms with Crippen molar-refractivity contribution in [1.29, 1.82) is 0 Å². The summed E-state index contributed by atoms with van der Waals surface area (Å²) in [5.74, 6) is 2.55. The van der Waals surface area contributed by atoms with Gasteiger partial charge in [-0.05, 0) is 68.8 Å². The van der Waals surface area contributed by atoms with E-state index in [2.05, 4.69) is 57.2 Å². The fourth-order valence-electron chi connectivity index (χ4n) is 3.49. The molecule has 0 fully saturated rings. The molecule has 0 saturated heterocycles. The Morgan fingerprint density at radius 2 is 1.39 bits per heavy atom. The number of anilines is 1. The second-order valence-electron chi connectivity index (χ2n) is 7.16. The molecular formula is C25H22BrClN2O2. The molecule has 6 heteroatoms. The number of pyridine rings is 1. The van der Waals surface area contributed by atoms with E-state index in [1.165, 1.54) is 11.1 Å². The average molecular weight is 498 g/mol. The molecule has 0 N–H and O–H groups in total. The van der Waals surface area contributed by atoms with Gasteiger partial charge in [0, 0.05) is 18.5 Å². The summed E-state index contributed by atoms with van der Waals surface area (Å²) in [6.07, 6.45) is 0. The summed E-state index contributed by atoms with van der Waals surface area (Å²) in [7, 11) is 3.35. The van der Waals surface area contributed by atoms with Gasteiger partial charge in [0.15, 0.2) is 0 Å². The molecule has 0 saturated carbocycles.